The van der Waals surface area contributed by atoms with E-state index in [0.717, 1.165) is 11.1 Å². The number of halogens is 2. The van der Waals surface area contributed by atoms with Crippen LogP contribution >= 0.6 is 23.2 Å². The van der Waals surface area contributed by atoms with Crippen molar-refractivity contribution in [2.45, 2.75) is 6.54 Å². The molecule has 0 atom stereocenters. The molecule has 1 aliphatic heterocycles. The first-order valence-electron chi connectivity index (χ1n) is 7.82. The highest BCUT2D eigenvalue weighted by molar-refractivity contribution is 6.32. The van der Waals surface area contributed by atoms with Gasteiger partial charge < -0.3 is 19.1 Å². The highest BCUT2D eigenvalue weighted by atomic mass is 35.5. The van der Waals surface area contributed by atoms with E-state index < -0.39 is 0 Å². The lowest BCUT2D eigenvalue weighted by Gasteiger charge is -2.17. The molecule has 1 amide bonds. The Bertz CT molecular complexity index is 867. The number of carbonyl (C=O) groups excluding carboxylic acids is 1. The Morgan fingerprint density at radius 3 is 2.85 bits per heavy atom. The molecule has 2 aromatic carbocycles. The SMILES string of the molecule is COc1ccc(Cl)cc1CN(C)C(=O)/C=C/c1cc(Cl)c2c(c1)OCO2. The predicted octanol–water partition coefficient (Wildman–Crippen LogP) is 4.40. The largest absolute Gasteiger partial charge is 0.496 e. The van der Waals surface area contributed by atoms with Crippen LogP contribution in [0.1, 0.15) is 11.1 Å². The summed E-state index contributed by atoms with van der Waals surface area (Å²) in [6, 6.07) is 8.80. The average molecular weight is 394 g/mol. The van der Waals surface area contributed by atoms with Gasteiger partial charge >= 0.3 is 0 Å². The van der Waals surface area contributed by atoms with Crippen LogP contribution in [0.4, 0.5) is 0 Å². The zero-order valence-corrected chi connectivity index (χ0v) is 15.8. The third-order valence-corrected chi connectivity index (χ3v) is 4.41. The van der Waals surface area contributed by atoms with Gasteiger partial charge in [-0.15, -0.1) is 0 Å². The summed E-state index contributed by atoms with van der Waals surface area (Å²) in [5.74, 6) is 1.61. The molecule has 0 unspecified atom stereocenters. The van der Waals surface area contributed by atoms with E-state index in [4.69, 9.17) is 37.4 Å². The molecular formula is C19H17Cl2NO4. The van der Waals surface area contributed by atoms with E-state index in [2.05, 4.69) is 0 Å². The third kappa shape index (κ3) is 4.06. The maximum Gasteiger partial charge on any atom is 0.246 e. The van der Waals surface area contributed by atoms with E-state index in [1.807, 2.05) is 0 Å². The van der Waals surface area contributed by atoms with Gasteiger partial charge in [-0.1, -0.05) is 23.2 Å². The molecule has 0 fully saturated rings. The Balaban J connectivity index is 1.71. The number of amides is 1. The van der Waals surface area contributed by atoms with Crippen molar-refractivity contribution in [3.63, 3.8) is 0 Å². The summed E-state index contributed by atoms with van der Waals surface area (Å²) in [4.78, 5) is 14.0. The Labute approximate surface area is 161 Å². The summed E-state index contributed by atoms with van der Waals surface area (Å²) >= 11 is 12.2. The summed E-state index contributed by atoms with van der Waals surface area (Å²) in [5.41, 5.74) is 1.58. The lowest BCUT2D eigenvalue weighted by atomic mass is 10.1. The van der Waals surface area contributed by atoms with Crippen molar-refractivity contribution < 1.29 is 19.0 Å². The monoisotopic (exact) mass is 393 g/mol. The maximum atomic E-state index is 12.4. The van der Waals surface area contributed by atoms with Crippen molar-refractivity contribution in [3.05, 3.63) is 57.6 Å². The normalized spacial score (nSPS) is 12.5. The molecule has 7 heteroatoms. The number of rotatable bonds is 5. The van der Waals surface area contributed by atoms with Crippen LogP contribution in [0.2, 0.25) is 10.0 Å². The van der Waals surface area contributed by atoms with Crippen LogP contribution in [-0.2, 0) is 11.3 Å². The van der Waals surface area contributed by atoms with Crippen LogP contribution in [0, 0.1) is 0 Å². The number of methoxy groups -OCH3 is 1. The highest BCUT2D eigenvalue weighted by Crippen LogP contribution is 2.40. The first-order chi connectivity index (χ1) is 12.5. The van der Waals surface area contributed by atoms with Crippen molar-refractivity contribution in [2.24, 2.45) is 0 Å². The summed E-state index contributed by atoms with van der Waals surface area (Å²) in [5, 5.41) is 1.04. The first-order valence-corrected chi connectivity index (χ1v) is 8.58. The number of carbonyl (C=O) groups is 1. The van der Waals surface area contributed by atoms with Gasteiger partial charge in [0.15, 0.2) is 11.5 Å². The van der Waals surface area contributed by atoms with Gasteiger partial charge in [0, 0.05) is 30.3 Å². The van der Waals surface area contributed by atoms with Gasteiger partial charge in [0.05, 0.1) is 12.1 Å². The van der Waals surface area contributed by atoms with E-state index >= 15 is 0 Å². The van der Waals surface area contributed by atoms with Crippen LogP contribution < -0.4 is 14.2 Å². The number of hydrogen-bond donors (Lipinski definition) is 0. The fraction of sp³-hybridized carbons (Fsp3) is 0.211. The molecule has 136 valence electrons. The fourth-order valence-electron chi connectivity index (χ4n) is 2.58. The molecule has 5 nitrogen and oxygen atoms in total. The van der Waals surface area contributed by atoms with Gasteiger partial charge in [-0.2, -0.15) is 0 Å². The van der Waals surface area contributed by atoms with Gasteiger partial charge in [-0.3, -0.25) is 4.79 Å². The molecule has 0 spiro atoms. The van der Waals surface area contributed by atoms with Crippen molar-refractivity contribution in [3.8, 4) is 17.2 Å². The van der Waals surface area contributed by atoms with Crippen molar-refractivity contribution >= 4 is 35.2 Å². The molecule has 1 aliphatic rings. The highest BCUT2D eigenvalue weighted by Gasteiger charge is 2.18. The molecule has 0 aliphatic carbocycles. The van der Waals surface area contributed by atoms with E-state index in [1.165, 1.54) is 6.08 Å². The van der Waals surface area contributed by atoms with Gasteiger partial charge in [0.25, 0.3) is 0 Å². The van der Waals surface area contributed by atoms with Crippen molar-refractivity contribution in [1.29, 1.82) is 0 Å². The van der Waals surface area contributed by atoms with E-state index in [9.17, 15) is 4.79 Å². The third-order valence-electron chi connectivity index (χ3n) is 3.89. The predicted molar refractivity (Wildman–Crippen MR) is 101 cm³/mol. The second-order valence-corrected chi connectivity index (χ2v) is 6.56. The van der Waals surface area contributed by atoms with Gasteiger partial charge in [0.1, 0.15) is 5.75 Å². The Morgan fingerprint density at radius 2 is 2.08 bits per heavy atom. The van der Waals surface area contributed by atoms with Gasteiger partial charge in [0.2, 0.25) is 12.7 Å². The number of fused-ring (bicyclic) bond motifs is 1. The molecule has 26 heavy (non-hydrogen) atoms. The fourth-order valence-corrected chi connectivity index (χ4v) is 3.05. The number of nitrogens with zero attached hydrogens (tertiary/aromatic N) is 1. The molecule has 0 saturated carbocycles. The number of likely N-dealkylation sites (N-methyl/N-ethyl adjacent to an activating group) is 1. The number of benzene rings is 2. The molecule has 2 aromatic rings. The molecule has 0 N–H and O–H groups in total. The number of hydrogen-bond acceptors (Lipinski definition) is 4. The summed E-state index contributed by atoms with van der Waals surface area (Å²) < 4.78 is 15.9. The smallest absolute Gasteiger partial charge is 0.246 e. The van der Waals surface area contributed by atoms with Crippen LogP contribution in [0.3, 0.4) is 0 Å². The van der Waals surface area contributed by atoms with Crippen molar-refractivity contribution in [1.82, 2.24) is 4.90 Å². The Morgan fingerprint density at radius 1 is 1.27 bits per heavy atom. The molecule has 0 radical (unpaired) electrons. The van der Waals surface area contributed by atoms with Crippen molar-refractivity contribution in [2.75, 3.05) is 21.0 Å². The topological polar surface area (TPSA) is 48.0 Å². The van der Waals surface area contributed by atoms with Gasteiger partial charge in [-0.25, -0.2) is 0 Å². The van der Waals surface area contributed by atoms with Crippen LogP contribution in [0.5, 0.6) is 17.2 Å². The minimum Gasteiger partial charge on any atom is -0.496 e. The summed E-state index contributed by atoms with van der Waals surface area (Å²) in [7, 11) is 3.29. The zero-order chi connectivity index (χ0) is 18.7. The lowest BCUT2D eigenvalue weighted by molar-refractivity contribution is -0.125. The molecular weight excluding hydrogens is 377 g/mol. The minimum atomic E-state index is -0.166. The average Bonchev–Trinajstić information content (AvgIpc) is 3.09. The Hall–Kier alpha value is -2.37. The van der Waals surface area contributed by atoms with E-state index in [0.29, 0.717) is 33.8 Å². The van der Waals surface area contributed by atoms with E-state index in [-0.39, 0.29) is 12.7 Å². The first kappa shape index (κ1) is 18.4. The lowest BCUT2D eigenvalue weighted by Crippen LogP contribution is -2.24. The second kappa shape index (κ2) is 7.89. The molecule has 0 aromatic heterocycles. The molecule has 3 rings (SSSR count). The standard InChI is InChI=1S/C19H17Cl2NO4/c1-22(10-13-9-14(20)4-5-16(13)24-2)18(23)6-3-12-7-15(21)19-17(8-12)25-11-26-19/h3-9H,10-11H2,1-2H3/b6-3+. The van der Waals surface area contributed by atoms with Crippen LogP contribution in [0.25, 0.3) is 6.08 Å². The minimum absolute atomic E-state index is 0.144. The molecule has 0 saturated heterocycles. The molecule has 0 bridgehead atoms. The number of ether oxygens (including phenoxy) is 3. The maximum absolute atomic E-state index is 12.4. The molecule has 1 heterocycles. The van der Waals surface area contributed by atoms with E-state index in [1.54, 1.807) is 55.5 Å². The van der Waals surface area contributed by atoms with Gasteiger partial charge in [-0.05, 0) is 42.0 Å². The summed E-state index contributed by atoms with van der Waals surface area (Å²) in [6.45, 7) is 0.514. The zero-order valence-electron chi connectivity index (χ0n) is 14.3. The second-order valence-electron chi connectivity index (χ2n) is 5.72. The Kier molecular flexibility index (Phi) is 5.59. The van der Waals surface area contributed by atoms with Crippen LogP contribution in [0.15, 0.2) is 36.4 Å². The summed E-state index contributed by atoms with van der Waals surface area (Å²) in [6.07, 6.45) is 3.16. The van der Waals surface area contributed by atoms with Crippen LogP contribution in [-0.4, -0.2) is 31.8 Å². The quantitative estimate of drug-likeness (QED) is 0.706.